The molecule has 2 N–H and O–H groups in total. The van der Waals surface area contributed by atoms with E-state index in [4.69, 9.17) is 5.11 Å². The van der Waals surface area contributed by atoms with Crippen LogP contribution < -0.4 is 5.32 Å². The highest BCUT2D eigenvalue weighted by Crippen LogP contribution is 2.24. The topological polar surface area (TPSA) is 66.4 Å². The Kier molecular flexibility index (Phi) is 5.38. The van der Waals surface area contributed by atoms with Crippen LogP contribution in [0.25, 0.3) is 0 Å². The van der Waals surface area contributed by atoms with Gasteiger partial charge in [-0.1, -0.05) is 0 Å². The number of carboxylic acid groups (broad SMARTS) is 1. The number of carbonyl (C=O) groups excluding carboxylic acids is 1. The standard InChI is InChI=1S/C11H17NO3S/c1-16-7-6-10(13)12-9-4-2-8(3-5-9)11(14)15/h6-9H,2-5H2,1H3,(H,12,13)(H,14,15)/b7-6+. The minimum absolute atomic E-state index is 0.0897. The molecule has 0 unspecified atom stereocenters. The molecule has 0 radical (unpaired) electrons. The van der Waals surface area contributed by atoms with Crippen molar-refractivity contribution < 1.29 is 14.7 Å². The molecule has 1 fully saturated rings. The molecule has 0 aromatic rings. The van der Waals surface area contributed by atoms with Gasteiger partial charge in [0.1, 0.15) is 0 Å². The Bertz CT molecular complexity index is 283. The number of aliphatic carboxylic acids is 1. The summed E-state index contributed by atoms with van der Waals surface area (Å²) in [5.74, 6) is -1.03. The number of nitrogens with one attached hydrogen (secondary N) is 1. The van der Waals surface area contributed by atoms with Gasteiger partial charge in [0.25, 0.3) is 0 Å². The van der Waals surface area contributed by atoms with Crippen LogP contribution in [0, 0.1) is 5.92 Å². The second-order valence-electron chi connectivity index (χ2n) is 3.93. The van der Waals surface area contributed by atoms with E-state index in [1.165, 1.54) is 17.8 Å². The smallest absolute Gasteiger partial charge is 0.306 e. The summed E-state index contributed by atoms with van der Waals surface area (Å²) in [7, 11) is 0. The summed E-state index contributed by atoms with van der Waals surface area (Å²) in [6.07, 6.45) is 6.24. The van der Waals surface area contributed by atoms with Gasteiger partial charge in [0, 0.05) is 12.1 Å². The number of amides is 1. The average molecular weight is 243 g/mol. The molecular formula is C11H17NO3S. The van der Waals surface area contributed by atoms with Crippen LogP contribution in [0.15, 0.2) is 11.5 Å². The molecule has 0 heterocycles. The summed E-state index contributed by atoms with van der Waals surface area (Å²) in [4.78, 5) is 22.1. The van der Waals surface area contributed by atoms with Crippen LogP contribution in [0.2, 0.25) is 0 Å². The minimum atomic E-state index is -0.716. The Hall–Kier alpha value is -0.970. The molecule has 1 amide bonds. The fourth-order valence-electron chi connectivity index (χ4n) is 1.86. The second-order valence-corrected chi connectivity index (χ2v) is 4.68. The van der Waals surface area contributed by atoms with Crippen LogP contribution in [-0.2, 0) is 9.59 Å². The monoisotopic (exact) mass is 243 g/mol. The number of hydrogen-bond donors (Lipinski definition) is 2. The summed E-state index contributed by atoms with van der Waals surface area (Å²) in [5, 5.41) is 13.4. The lowest BCUT2D eigenvalue weighted by Gasteiger charge is -2.26. The number of carbonyl (C=O) groups is 2. The first-order valence-corrected chi connectivity index (χ1v) is 6.65. The maximum absolute atomic E-state index is 11.4. The van der Waals surface area contributed by atoms with Gasteiger partial charge in [-0.05, 0) is 37.3 Å². The first kappa shape index (κ1) is 13.1. The SMILES string of the molecule is CS/C=C/C(=O)NC1CCC(C(=O)O)CC1. The third kappa shape index (κ3) is 4.26. The van der Waals surface area contributed by atoms with Crippen molar-refractivity contribution in [2.45, 2.75) is 31.7 Å². The van der Waals surface area contributed by atoms with E-state index in [-0.39, 0.29) is 17.9 Å². The third-order valence-corrected chi connectivity index (χ3v) is 3.19. The normalized spacial score (nSPS) is 25.6. The van der Waals surface area contributed by atoms with Crippen molar-refractivity contribution >= 4 is 23.6 Å². The van der Waals surface area contributed by atoms with Crippen LogP contribution in [0.1, 0.15) is 25.7 Å². The van der Waals surface area contributed by atoms with Crippen molar-refractivity contribution in [1.29, 1.82) is 0 Å². The highest BCUT2D eigenvalue weighted by atomic mass is 32.2. The Balaban J connectivity index is 2.29. The average Bonchev–Trinajstić information content (AvgIpc) is 2.27. The van der Waals surface area contributed by atoms with Crippen molar-refractivity contribution in [3.8, 4) is 0 Å². The van der Waals surface area contributed by atoms with Crippen LogP contribution in [0.4, 0.5) is 0 Å². The van der Waals surface area contributed by atoms with Crippen LogP contribution in [0.5, 0.6) is 0 Å². The zero-order valence-corrected chi connectivity index (χ0v) is 10.1. The van der Waals surface area contributed by atoms with E-state index < -0.39 is 5.97 Å². The summed E-state index contributed by atoms with van der Waals surface area (Å²) in [6.45, 7) is 0. The molecular weight excluding hydrogens is 226 g/mol. The predicted octanol–water partition coefficient (Wildman–Crippen LogP) is 1.62. The van der Waals surface area contributed by atoms with Gasteiger partial charge < -0.3 is 10.4 Å². The maximum Gasteiger partial charge on any atom is 0.306 e. The fraction of sp³-hybridized carbons (Fsp3) is 0.636. The van der Waals surface area contributed by atoms with Crippen molar-refractivity contribution in [2.24, 2.45) is 5.92 Å². The second kappa shape index (κ2) is 6.58. The van der Waals surface area contributed by atoms with Gasteiger partial charge in [0.2, 0.25) is 5.91 Å². The quantitative estimate of drug-likeness (QED) is 0.736. The van der Waals surface area contributed by atoms with Gasteiger partial charge in [-0.2, -0.15) is 0 Å². The van der Waals surface area contributed by atoms with E-state index in [0.29, 0.717) is 12.8 Å². The maximum atomic E-state index is 11.4. The highest BCUT2D eigenvalue weighted by molar-refractivity contribution is 8.01. The summed E-state index contributed by atoms with van der Waals surface area (Å²) < 4.78 is 0. The minimum Gasteiger partial charge on any atom is -0.481 e. The summed E-state index contributed by atoms with van der Waals surface area (Å²) >= 11 is 1.48. The van der Waals surface area contributed by atoms with E-state index >= 15 is 0 Å². The van der Waals surface area contributed by atoms with Crippen molar-refractivity contribution in [3.63, 3.8) is 0 Å². The van der Waals surface area contributed by atoms with E-state index in [1.54, 1.807) is 5.41 Å². The van der Waals surface area contributed by atoms with Crippen LogP contribution in [-0.4, -0.2) is 29.3 Å². The molecule has 0 atom stereocenters. The molecule has 1 rings (SSSR count). The summed E-state index contributed by atoms with van der Waals surface area (Å²) in [5.41, 5.74) is 0. The van der Waals surface area contributed by atoms with Crippen LogP contribution in [0.3, 0.4) is 0 Å². The Labute approximate surface area is 99.5 Å². The zero-order chi connectivity index (χ0) is 12.0. The number of hydrogen-bond acceptors (Lipinski definition) is 3. The van der Waals surface area contributed by atoms with Gasteiger partial charge in [0.15, 0.2) is 0 Å². The Morgan fingerprint density at radius 1 is 1.31 bits per heavy atom. The molecule has 90 valence electrons. The Morgan fingerprint density at radius 3 is 2.44 bits per heavy atom. The van der Waals surface area contributed by atoms with Crippen molar-refractivity contribution in [3.05, 3.63) is 11.5 Å². The lowest BCUT2D eigenvalue weighted by atomic mass is 9.86. The van der Waals surface area contributed by atoms with E-state index in [9.17, 15) is 9.59 Å². The number of rotatable bonds is 4. The number of carboxylic acids is 1. The predicted molar refractivity (Wildman–Crippen MR) is 64.2 cm³/mol. The van der Waals surface area contributed by atoms with Gasteiger partial charge in [-0.15, -0.1) is 11.8 Å². The molecule has 0 aliphatic heterocycles. The Morgan fingerprint density at radius 2 is 1.94 bits per heavy atom. The lowest BCUT2D eigenvalue weighted by molar-refractivity contribution is -0.142. The van der Waals surface area contributed by atoms with Gasteiger partial charge in [-0.25, -0.2) is 0 Å². The molecule has 0 aromatic carbocycles. The van der Waals surface area contributed by atoms with E-state index in [2.05, 4.69) is 5.32 Å². The zero-order valence-electron chi connectivity index (χ0n) is 9.31. The molecule has 16 heavy (non-hydrogen) atoms. The van der Waals surface area contributed by atoms with Crippen molar-refractivity contribution in [1.82, 2.24) is 5.32 Å². The molecule has 0 bridgehead atoms. The van der Waals surface area contributed by atoms with E-state index in [0.717, 1.165) is 12.8 Å². The molecule has 1 aliphatic rings. The first-order chi connectivity index (χ1) is 7.63. The van der Waals surface area contributed by atoms with Gasteiger partial charge >= 0.3 is 5.97 Å². The van der Waals surface area contributed by atoms with Crippen molar-refractivity contribution in [2.75, 3.05) is 6.26 Å². The molecule has 1 aliphatic carbocycles. The highest BCUT2D eigenvalue weighted by Gasteiger charge is 2.26. The molecule has 1 saturated carbocycles. The van der Waals surface area contributed by atoms with Gasteiger partial charge in [-0.3, -0.25) is 9.59 Å². The first-order valence-electron chi connectivity index (χ1n) is 5.36. The largest absolute Gasteiger partial charge is 0.481 e. The lowest BCUT2D eigenvalue weighted by Crippen LogP contribution is -2.37. The van der Waals surface area contributed by atoms with Crippen LogP contribution >= 0.6 is 11.8 Å². The summed E-state index contributed by atoms with van der Waals surface area (Å²) in [6, 6.07) is 0.134. The fourth-order valence-corrected chi connectivity index (χ4v) is 2.12. The number of thioether (sulfide) groups is 1. The van der Waals surface area contributed by atoms with Gasteiger partial charge in [0.05, 0.1) is 5.92 Å². The van der Waals surface area contributed by atoms with E-state index in [1.807, 2.05) is 6.26 Å². The molecule has 5 heteroatoms. The molecule has 0 aromatic heterocycles. The third-order valence-electron chi connectivity index (χ3n) is 2.78. The molecule has 0 saturated heterocycles. The molecule has 4 nitrogen and oxygen atoms in total. The molecule has 0 spiro atoms.